The number of benzene rings is 1. The van der Waals surface area contributed by atoms with Crippen LogP contribution in [0.15, 0.2) is 30.3 Å². The van der Waals surface area contributed by atoms with Gasteiger partial charge in [-0.1, -0.05) is 30.3 Å². The van der Waals surface area contributed by atoms with Crippen LogP contribution in [-0.4, -0.2) is 23.6 Å². The number of fused-ring (bicyclic) bond motifs is 1. The van der Waals surface area contributed by atoms with Crippen molar-refractivity contribution in [3.63, 3.8) is 0 Å². The first-order valence-electron chi connectivity index (χ1n) is 7.06. The zero-order valence-electron chi connectivity index (χ0n) is 12.1. The first kappa shape index (κ1) is 13.1. The Morgan fingerprint density at radius 3 is 2.80 bits per heavy atom. The monoisotopic (exact) mass is 268 g/mol. The van der Waals surface area contributed by atoms with Gasteiger partial charge < -0.3 is 10.2 Å². The van der Waals surface area contributed by atoms with Gasteiger partial charge in [-0.15, -0.1) is 0 Å². The lowest BCUT2D eigenvalue weighted by Gasteiger charge is -2.25. The van der Waals surface area contributed by atoms with Gasteiger partial charge in [0.1, 0.15) is 11.6 Å². The van der Waals surface area contributed by atoms with Crippen LogP contribution in [0.5, 0.6) is 0 Å². The number of hydrogen-bond donors (Lipinski definition) is 1. The van der Waals surface area contributed by atoms with E-state index in [9.17, 15) is 0 Å². The molecule has 0 aliphatic carbocycles. The smallest absolute Gasteiger partial charge is 0.137 e. The Morgan fingerprint density at radius 2 is 2.00 bits per heavy atom. The molecule has 1 aromatic heterocycles. The number of anilines is 1. The average Bonchev–Trinajstić information content (AvgIpc) is 2.47. The molecule has 0 amide bonds. The number of nitrogens with one attached hydrogen (secondary N) is 1. The van der Waals surface area contributed by atoms with Crippen molar-refractivity contribution in [1.82, 2.24) is 15.3 Å². The highest BCUT2D eigenvalue weighted by atomic mass is 15.2. The first-order chi connectivity index (χ1) is 9.74. The van der Waals surface area contributed by atoms with E-state index < -0.39 is 0 Å². The summed E-state index contributed by atoms with van der Waals surface area (Å²) >= 11 is 0. The highest BCUT2D eigenvalue weighted by Gasteiger charge is 2.18. The van der Waals surface area contributed by atoms with Crippen molar-refractivity contribution in [2.75, 3.05) is 18.5 Å². The molecule has 0 atom stereocenters. The molecule has 4 heteroatoms. The molecule has 0 saturated carbocycles. The maximum absolute atomic E-state index is 4.66. The second-order valence-electron chi connectivity index (χ2n) is 5.29. The van der Waals surface area contributed by atoms with Crippen molar-refractivity contribution in [3.05, 3.63) is 53.0 Å². The van der Waals surface area contributed by atoms with Gasteiger partial charge in [-0.2, -0.15) is 0 Å². The molecule has 1 aliphatic rings. The van der Waals surface area contributed by atoms with Crippen LogP contribution in [0.2, 0.25) is 0 Å². The van der Waals surface area contributed by atoms with Gasteiger partial charge in [-0.3, -0.25) is 0 Å². The summed E-state index contributed by atoms with van der Waals surface area (Å²) in [6, 6.07) is 10.5. The maximum Gasteiger partial charge on any atom is 0.137 e. The quantitative estimate of drug-likeness (QED) is 0.925. The van der Waals surface area contributed by atoms with Gasteiger partial charge in [-0.25, -0.2) is 9.97 Å². The molecule has 104 valence electrons. The molecule has 0 fully saturated rings. The molecule has 3 rings (SSSR count). The summed E-state index contributed by atoms with van der Waals surface area (Å²) in [5, 5.41) is 3.41. The van der Waals surface area contributed by atoms with E-state index in [1.54, 1.807) is 0 Å². The van der Waals surface area contributed by atoms with Crippen molar-refractivity contribution in [2.45, 2.75) is 26.4 Å². The molecule has 0 spiro atoms. The fourth-order valence-corrected chi connectivity index (χ4v) is 2.69. The van der Waals surface area contributed by atoms with Gasteiger partial charge in [0.15, 0.2) is 0 Å². The predicted molar refractivity (Wildman–Crippen MR) is 80.7 cm³/mol. The molecule has 2 aromatic rings. The Morgan fingerprint density at radius 1 is 1.20 bits per heavy atom. The summed E-state index contributed by atoms with van der Waals surface area (Å²) in [5.74, 6) is 1.92. The average molecular weight is 268 g/mol. The molecule has 0 bridgehead atoms. The predicted octanol–water partition coefficient (Wildman–Crippen LogP) is 2.07. The minimum absolute atomic E-state index is 0.862. The molecule has 0 radical (unpaired) electrons. The van der Waals surface area contributed by atoms with Crippen molar-refractivity contribution in [2.24, 2.45) is 0 Å². The fourth-order valence-electron chi connectivity index (χ4n) is 2.69. The van der Waals surface area contributed by atoms with Crippen LogP contribution in [0.1, 0.15) is 22.6 Å². The second kappa shape index (κ2) is 5.59. The van der Waals surface area contributed by atoms with Crippen LogP contribution < -0.4 is 10.2 Å². The molecular formula is C16H20N4. The molecule has 4 nitrogen and oxygen atoms in total. The van der Waals surface area contributed by atoms with Crippen LogP contribution in [0.4, 0.5) is 5.82 Å². The third-order valence-corrected chi connectivity index (χ3v) is 3.65. The van der Waals surface area contributed by atoms with E-state index in [4.69, 9.17) is 0 Å². The summed E-state index contributed by atoms with van der Waals surface area (Å²) in [4.78, 5) is 11.5. The van der Waals surface area contributed by atoms with E-state index in [1.165, 1.54) is 16.8 Å². The highest BCUT2D eigenvalue weighted by molar-refractivity contribution is 5.50. The fraction of sp³-hybridized carbons (Fsp3) is 0.375. The van der Waals surface area contributed by atoms with E-state index in [-0.39, 0.29) is 0 Å². The standard InChI is InChI=1S/C16H20N4/c1-12-18-15-8-9-17-10-14(15)16(19-12)20(2)11-13-6-4-3-5-7-13/h3-7,17H,8-11H2,1-2H3. The van der Waals surface area contributed by atoms with Gasteiger partial charge >= 0.3 is 0 Å². The summed E-state index contributed by atoms with van der Waals surface area (Å²) in [6.45, 7) is 4.71. The van der Waals surface area contributed by atoms with Gasteiger partial charge in [0.05, 0.1) is 5.69 Å². The SMILES string of the molecule is Cc1nc2c(c(N(C)Cc3ccccc3)n1)CNCC2. The van der Waals surface area contributed by atoms with E-state index in [2.05, 4.69) is 51.5 Å². The molecule has 20 heavy (non-hydrogen) atoms. The number of rotatable bonds is 3. The highest BCUT2D eigenvalue weighted by Crippen LogP contribution is 2.23. The van der Waals surface area contributed by atoms with Crippen LogP contribution in [-0.2, 0) is 19.5 Å². The number of nitrogens with zero attached hydrogens (tertiary/aromatic N) is 3. The molecule has 2 heterocycles. The summed E-state index contributed by atoms with van der Waals surface area (Å²) in [6.07, 6.45) is 0.991. The Balaban J connectivity index is 1.91. The lowest BCUT2D eigenvalue weighted by molar-refractivity contribution is 0.619. The van der Waals surface area contributed by atoms with Gasteiger partial charge in [0.25, 0.3) is 0 Å². The topological polar surface area (TPSA) is 41.1 Å². The number of hydrogen-bond acceptors (Lipinski definition) is 4. The Hall–Kier alpha value is -1.94. The van der Waals surface area contributed by atoms with E-state index in [0.717, 1.165) is 37.7 Å². The normalized spacial score (nSPS) is 13.9. The number of aryl methyl sites for hydroxylation is 1. The van der Waals surface area contributed by atoms with E-state index in [0.29, 0.717) is 0 Å². The Labute approximate surface area is 119 Å². The largest absolute Gasteiger partial charge is 0.355 e. The molecule has 1 aliphatic heterocycles. The maximum atomic E-state index is 4.66. The Bertz CT molecular complexity index is 595. The third-order valence-electron chi connectivity index (χ3n) is 3.65. The zero-order chi connectivity index (χ0) is 13.9. The van der Waals surface area contributed by atoms with Crippen LogP contribution in [0.3, 0.4) is 0 Å². The van der Waals surface area contributed by atoms with E-state index >= 15 is 0 Å². The Kier molecular flexibility index (Phi) is 3.65. The van der Waals surface area contributed by atoms with Crippen LogP contribution in [0, 0.1) is 6.92 Å². The molecule has 1 aromatic carbocycles. The molecule has 0 unspecified atom stereocenters. The lowest BCUT2D eigenvalue weighted by Crippen LogP contribution is -2.29. The van der Waals surface area contributed by atoms with Crippen LogP contribution >= 0.6 is 0 Å². The molecular weight excluding hydrogens is 248 g/mol. The molecule has 0 saturated heterocycles. The summed E-state index contributed by atoms with van der Waals surface area (Å²) < 4.78 is 0. The van der Waals surface area contributed by atoms with E-state index in [1.807, 2.05) is 13.0 Å². The summed E-state index contributed by atoms with van der Waals surface area (Å²) in [7, 11) is 2.10. The minimum atomic E-state index is 0.862. The van der Waals surface area contributed by atoms with Gasteiger partial charge in [0.2, 0.25) is 0 Å². The van der Waals surface area contributed by atoms with Crippen molar-refractivity contribution in [1.29, 1.82) is 0 Å². The van der Waals surface area contributed by atoms with Crippen molar-refractivity contribution in [3.8, 4) is 0 Å². The summed E-state index contributed by atoms with van der Waals surface area (Å²) in [5.41, 5.74) is 3.75. The first-order valence-corrected chi connectivity index (χ1v) is 7.06. The minimum Gasteiger partial charge on any atom is -0.355 e. The molecule has 1 N–H and O–H groups in total. The van der Waals surface area contributed by atoms with Crippen LogP contribution in [0.25, 0.3) is 0 Å². The lowest BCUT2D eigenvalue weighted by atomic mass is 10.1. The zero-order valence-corrected chi connectivity index (χ0v) is 12.1. The number of aromatic nitrogens is 2. The second-order valence-corrected chi connectivity index (χ2v) is 5.29. The third kappa shape index (κ3) is 2.65. The van der Waals surface area contributed by atoms with Gasteiger partial charge in [0, 0.05) is 38.7 Å². The van der Waals surface area contributed by atoms with Crippen molar-refractivity contribution >= 4 is 5.82 Å². The van der Waals surface area contributed by atoms with Crippen molar-refractivity contribution < 1.29 is 0 Å². The van der Waals surface area contributed by atoms with Gasteiger partial charge in [-0.05, 0) is 12.5 Å².